The van der Waals surface area contributed by atoms with Crippen molar-refractivity contribution in [3.05, 3.63) is 18.2 Å². The first-order valence-corrected chi connectivity index (χ1v) is 10.5. The van der Waals surface area contributed by atoms with Crippen LogP contribution in [0.3, 0.4) is 0 Å². The minimum absolute atomic E-state index is 0.0903. The van der Waals surface area contributed by atoms with Crippen LogP contribution in [0.25, 0.3) is 0 Å². The Labute approximate surface area is 155 Å². The van der Waals surface area contributed by atoms with Gasteiger partial charge in [0.15, 0.2) is 0 Å². The summed E-state index contributed by atoms with van der Waals surface area (Å²) in [5, 5.41) is 2.75. The molecule has 0 saturated carbocycles. The number of ether oxygens (including phenoxy) is 1. The normalized spacial score (nSPS) is 18.2. The highest BCUT2D eigenvalue weighted by atomic mass is 32.2. The quantitative estimate of drug-likeness (QED) is 0.751. The molecule has 1 aromatic rings. The van der Waals surface area contributed by atoms with Crippen molar-refractivity contribution in [1.82, 2.24) is 4.31 Å². The minimum Gasteiger partial charge on any atom is -0.492 e. The molecule has 0 bridgehead atoms. The molecular formula is C18H29N3O4S. The van der Waals surface area contributed by atoms with Crippen molar-refractivity contribution in [3.63, 3.8) is 0 Å². The molecule has 1 fully saturated rings. The van der Waals surface area contributed by atoms with Gasteiger partial charge in [0.2, 0.25) is 15.9 Å². The number of nitrogens with one attached hydrogen (secondary N) is 1. The summed E-state index contributed by atoms with van der Waals surface area (Å²) in [6.07, 6.45) is 2.74. The van der Waals surface area contributed by atoms with E-state index in [0.717, 1.165) is 19.3 Å². The first-order valence-electron chi connectivity index (χ1n) is 9.10. The van der Waals surface area contributed by atoms with Crippen molar-refractivity contribution in [3.8, 4) is 5.75 Å². The maximum absolute atomic E-state index is 13.1. The number of hydrogen-bond donors (Lipinski definition) is 2. The molecule has 0 aromatic heterocycles. The number of anilines is 1. The number of nitrogens with zero attached hydrogens (tertiary/aromatic N) is 1. The van der Waals surface area contributed by atoms with Crippen molar-refractivity contribution in [2.45, 2.75) is 51.0 Å². The fourth-order valence-electron chi connectivity index (χ4n) is 2.80. The van der Waals surface area contributed by atoms with E-state index in [9.17, 15) is 13.2 Å². The second-order valence-corrected chi connectivity index (χ2v) is 8.60. The third kappa shape index (κ3) is 4.75. The first kappa shape index (κ1) is 20.7. The summed E-state index contributed by atoms with van der Waals surface area (Å²) >= 11 is 0. The van der Waals surface area contributed by atoms with Crippen molar-refractivity contribution in [1.29, 1.82) is 0 Å². The SMILES string of the molecule is CCOc1ccc(NC(=O)C(C)C(C)N)cc1S(=O)(=O)N1CCCCC1. The molecule has 3 N–H and O–H groups in total. The molecule has 1 heterocycles. The molecule has 0 radical (unpaired) electrons. The third-order valence-corrected chi connectivity index (χ3v) is 6.57. The van der Waals surface area contributed by atoms with Gasteiger partial charge in [0, 0.05) is 24.8 Å². The maximum atomic E-state index is 13.1. The smallest absolute Gasteiger partial charge is 0.246 e. The van der Waals surface area contributed by atoms with Crippen LogP contribution in [0, 0.1) is 5.92 Å². The van der Waals surface area contributed by atoms with Crippen LogP contribution >= 0.6 is 0 Å². The van der Waals surface area contributed by atoms with Gasteiger partial charge < -0.3 is 15.8 Å². The third-order valence-electron chi connectivity index (χ3n) is 4.65. The number of hydrogen-bond acceptors (Lipinski definition) is 5. The Bertz CT molecular complexity index is 728. The van der Waals surface area contributed by atoms with Crippen molar-refractivity contribution >= 4 is 21.6 Å². The van der Waals surface area contributed by atoms with Gasteiger partial charge in [0.1, 0.15) is 10.6 Å². The molecule has 2 atom stereocenters. The van der Waals surface area contributed by atoms with Gasteiger partial charge >= 0.3 is 0 Å². The molecule has 26 heavy (non-hydrogen) atoms. The predicted molar refractivity (Wildman–Crippen MR) is 102 cm³/mol. The lowest BCUT2D eigenvalue weighted by Gasteiger charge is -2.27. The Morgan fingerprint density at radius 2 is 1.92 bits per heavy atom. The highest BCUT2D eigenvalue weighted by Crippen LogP contribution is 2.31. The van der Waals surface area contributed by atoms with Crippen LogP contribution in [0.2, 0.25) is 0 Å². The van der Waals surface area contributed by atoms with E-state index in [1.54, 1.807) is 32.9 Å². The van der Waals surface area contributed by atoms with Gasteiger partial charge in [-0.3, -0.25) is 4.79 Å². The first-order chi connectivity index (χ1) is 12.3. The van der Waals surface area contributed by atoms with E-state index in [-0.39, 0.29) is 22.8 Å². The Balaban J connectivity index is 2.34. The summed E-state index contributed by atoms with van der Waals surface area (Å²) in [5.41, 5.74) is 6.19. The molecule has 1 saturated heterocycles. The molecule has 1 aliphatic heterocycles. The van der Waals surface area contributed by atoms with Gasteiger partial charge in [0.05, 0.1) is 12.5 Å². The van der Waals surface area contributed by atoms with Gasteiger partial charge in [-0.2, -0.15) is 4.31 Å². The zero-order valence-corrected chi connectivity index (χ0v) is 16.5. The molecular weight excluding hydrogens is 354 g/mol. The number of nitrogens with two attached hydrogens (primary N) is 1. The van der Waals surface area contributed by atoms with Crippen LogP contribution < -0.4 is 15.8 Å². The number of carbonyl (C=O) groups is 1. The van der Waals surface area contributed by atoms with E-state index >= 15 is 0 Å². The number of carbonyl (C=O) groups excluding carboxylic acids is 1. The van der Waals surface area contributed by atoms with E-state index in [2.05, 4.69) is 5.32 Å². The highest BCUT2D eigenvalue weighted by molar-refractivity contribution is 7.89. The zero-order chi connectivity index (χ0) is 19.3. The van der Waals surface area contributed by atoms with Crippen LogP contribution in [-0.2, 0) is 14.8 Å². The van der Waals surface area contributed by atoms with Gasteiger partial charge in [-0.25, -0.2) is 8.42 Å². The van der Waals surface area contributed by atoms with Crippen molar-refractivity contribution < 1.29 is 17.9 Å². The molecule has 1 amide bonds. The second kappa shape index (κ2) is 8.83. The highest BCUT2D eigenvalue weighted by Gasteiger charge is 2.29. The molecule has 1 aliphatic rings. The standard InChI is InChI=1S/C18H29N3O4S/c1-4-25-16-9-8-15(20-18(22)13(2)14(3)19)12-17(16)26(23,24)21-10-6-5-7-11-21/h8-9,12-14H,4-7,10-11,19H2,1-3H3,(H,20,22). The number of sulfonamides is 1. The van der Waals surface area contributed by atoms with Gasteiger partial charge in [-0.05, 0) is 44.9 Å². The summed E-state index contributed by atoms with van der Waals surface area (Å²) in [6, 6.07) is 4.41. The fraction of sp³-hybridized carbons (Fsp3) is 0.611. The molecule has 1 aromatic carbocycles. The van der Waals surface area contributed by atoms with E-state index < -0.39 is 10.0 Å². The topological polar surface area (TPSA) is 102 Å². The van der Waals surface area contributed by atoms with Crippen LogP contribution in [-0.4, -0.2) is 44.4 Å². The summed E-state index contributed by atoms with van der Waals surface area (Å²) in [6.45, 7) is 6.67. The summed E-state index contributed by atoms with van der Waals surface area (Å²) in [4.78, 5) is 12.3. The Hall–Kier alpha value is -1.64. The second-order valence-electron chi connectivity index (χ2n) is 6.70. The summed E-state index contributed by atoms with van der Waals surface area (Å²) in [5.74, 6) is -0.328. The Morgan fingerprint density at radius 3 is 2.50 bits per heavy atom. The Morgan fingerprint density at radius 1 is 1.27 bits per heavy atom. The molecule has 7 nitrogen and oxygen atoms in total. The monoisotopic (exact) mass is 383 g/mol. The number of piperidine rings is 1. The van der Waals surface area contributed by atoms with Gasteiger partial charge in [-0.1, -0.05) is 13.3 Å². The minimum atomic E-state index is -3.68. The molecule has 0 spiro atoms. The number of benzene rings is 1. The lowest BCUT2D eigenvalue weighted by atomic mass is 10.0. The van der Waals surface area contributed by atoms with E-state index in [4.69, 9.17) is 10.5 Å². The van der Waals surface area contributed by atoms with E-state index in [1.807, 2.05) is 0 Å². The molecule has 0 aliphatic carbocycles. The van der Waals surface area contributed by atoms with Crippen LogP contribution in [0.15, 0.2) is 23.1 Å². The fourth-order valence-corrected chi connectivity index (χ4v) is 4.48. The van der Waals surface area contributed by atoms with Gasteiger partial charge in [0.25, 0.3) is 0 Å². The number of rotatable bonds is 7. The zero-order valence-electron chi connectivity index (χ0n) is 15.7. The number of amides is 1. The average Bonchev–Trinajstić information content (AvgIpc) is 2.63. The van der Waals surface area contributed by atoms with Crippen molar-refractivity contribution in [2.24, 2.45) is 11.7 Å². The molecule has 2 rings (SSSR count). The maximum Gasteiger partial charge on any atom is 0.246 e. The lowest BCUT2D eigenvalue weighted by Crippen LogP contribution is -2.36. The summed E-state index contributed by atoms with van der Waals surface area (Å²) < 4.78 is 33.2. The lowest BCUT2D eigenvalue weighted by molar-refractivity contribution is -0.119. The molecule has 146 valence electrons. The van der Waals surface area contributed by atoms with E-state index in [1.165, 1.54) is 10.4 Å². The van der Waals surface area contributed by atoms with Crippen LogP contribution in [0.5, 0.6) is 5.75 Å². The van der Waals surface area contributed by atoms with E-state index in [0.29, 0.717) is 31.1 Å². The molecule has 8 heteroatoms. The van der Waals surface area contributed by atoms with Gasteiger partial charge in [-0.15, -0.1) is 0 Å². The molecule has 2 unspecified atom stereocenters. The van der Waals surface area contributed by atoms with Crippen LogP contribution in [0.1, 0.15) is 40.0 Å². The average molecular weight is 384 g/mol. The van der Waals surface area contributed by atoms with Crippen LogP contribution in [0.4, 0.5) is 5.69 Å². The predicted octanol–water partition coefficient (Wildman–Crippen LogP) is 2.18. The largest absolute Gasteiger partial charge is 0.492 e. The van der Waals surface area contributed by atoms with Crippen molar-refractivity contribution in [2.75, 3.05) is 25.0 Å². The Kier molecular flexibility index (Phi) is 7.02. The summed E-state index contributed by atoms with van der Waals surface area (Å²) in [7, 11) is -3.68.